The summed E-state index contributed by atoms with van der Waals surface area (Å²) >= 11 is 1.56. The van der Waals surface area contributed by atoms with Crippen molar-refractivity contribution in [3.8, 4) is 11.8 Å². The Hall–Kier alpha value is -2.23. The van der Waals surface area contributed by atoms with Gasteiger partial charge in [-0.05, 0) is 13.0 Å². The molecule has 6 heteroatoms. The predicted octanol–water partition coefficient (Wildman–Crippen LogP) is 1.09. The van der Waals surface area contributed by atoms with Gasteiger partial charge in [0.25, 0.3) is 5.91 Å². The first-order valence-electron chi connectivity index (χ1n) is 6.02. The molecule has 2 rings (SSSR count). The topological polar surface area (TPSA) is 80.9 Å². The minimum Gasteiger partial charge on any atom is -0.347 e. The molecule has 1 amide bonds. The van der Waals surface area contributed by atoms with Crippen molar-refractivity contribution in [1.29, 1.82) is 0 Å². The van der Waals surface area contributed by atoms with Crippen LogP contribution in [0.1, 0.15) is 25.8 Å². The fourth-order valence-corrected chi connectivity index (χ4v) is 2.28. The van der Waals surface area contributed by atoms with Crippen LogP contribution in [0.4, 0.5) is 0 Å². The second kappa shape index (κ2) is 6.80. The zero-order valence-electron chi connectivity index (χ0n) is 11.0. The molecule has 0 unspecified atom stereocenters. The van der Waals surface area contributed by atoms with Gasteiger partial charge in [0.05, 0.1) is 23.7 Å². The van der Waals surface area contributed by atoms with Crippen molar-refractivity contribution in [3.05, 3.63) is 45.7 Å². The molecular formula is C14H14N4OS. The number of thiazole rings is 1. The van der Waals surface area contributed by atoms with Gasteiger partial charge >= 0.3 is 0 Å². The molecule has 0 radical (unpaired) electrons. The molecule has 0 aliphatic heterocycles. The van der Waals surface area contributed by atoms with E-state index in [0.717, 1.165) is 9.88 Å². The van der Waals surface area contributed by atoms with Gasteiger partial charge in [-0.1, -0.05) is 11.8 Å². The number of hydrogen-bond acceptors (Lipinski definition) is 5. The number of nitrogens with two attached hydrogens (primary N) is 1. The molecule has 0 aliphatic rings. The highest BCUT2D eigenvalue weighted by molar-refractivity contribution is 7.11. The Morgan fingerprint density at radius 3 is 3.00 bits per heavy atom. The lowest BCUT2D eigenvalue weighted by atomic mass is 10.2. The van der Waals surface area contributed by atoms with Crippen molar-refractivity contribution in [2.75, 3.05) is 6.54 Å². The molecule has 20 heavy (non-hydrogen) atoms. The standard InChI is InChI=1S/C14H14N4OS/c1-10-17-8-13(20-10)9-18-14(19)12-5-11(3-2-4-15)6-16-7-12/h5-8H,4,9,15H2,1H3,(H,18,19). The van der Waals surface area contributed by atoms with Crippen LogP contribution in [0, 0.1) is 18.8 Å². The maximum Gasteiger partial charge on any atom is 0.253 e. The van der Waals surface area contributed by atoms with E-state index in [1.807, 2.05) is 6.92 Å². The van der Waals surface area contributed by atoms with Crippen LogP contribution in [0.3, 0.4) is 0 Å². The summed E-state index contributed by atoms with van der Waals surface area (Å²) in [5, 5.41) is 3.81. The fraction of sp³-hybridized carbons (Fsp3) is 0.214. The number of rotatable bonds is 3. The SMILES string of the molecule is Cc1ncc(CNC(=O)c2cncc(C#CCN)c2)s1. The molecule has 0 aliphatic carbocycles. The first kappa shape index (κ1) is 14.2. The lowest BCUT2D eigenvalue weighted by Gasteiger charge is -2.03. The average molecular weight is 286 g/mol. The van der Waals surface area contributed by atoms with Gasteiger partial charge < -0.3 is 11.1 Å². The highest BCUT2D eigenvalue weighted by Crippen LogP contribution is 2.11. The van der Waals surface area contributed by atoms with E-state index >= 15 is 0 Å². The van der Waals surface area contributed by atoms with Gasteiger partial charge in [0.2, 0.25) is 0 Å². The monoisotopic (exact) mass is 286 g/mol. The molecule has 2 aromatic rings. The molecule has 0 aromatic carbocycles. The number of nitrogens with one attached hydrogen (secondary N) is 1. The van der Waals surface area contributed by atoms with Gasteiger partial charge in [0, 0.05) is 29.0 Å². The summed E-state index contributed by atoms with van der Waals surface area (Å²) in [6.45, 7) is 2.67. The van der Waals surface area contributed by atoms with Crippen molar-refractivity contribution >= 4 is 17.2 Å². The number of pyridine rings is 1. The molecule has 0 saturated heterocycles. The molecule has 2 aromatic heterocycles. The van der Waals surface area contributed by atoms with Crippen molar-refractivity contribution < 1.29 is 4.79 Å². The smallest absolute Gasteiger partial charge is 0.253 e. The van der Waals surface area contributed by atoms with Crippen LogP contribution in [0.15, 0.2) is 24.7 Å². The van der Waals surface area contributed by atoms with E-state index in [0.29, 0.717) is 17.7 Å². The van der Waals surface area contributed by atoms with Gasteiger partial charge in [-0.2, -0.15) is 0 Å². The molecule has 5 nitrogen and oxygen atoms in total. The van der Waals surface area contributed by atoms with Gasteiger partial charge in [0.15, 0.2) is 0 Å². The van der Waals surface area contributed by atoms with Crippen molar-refractivity contribution in [2.24, 2.45) is 5.73 Å². The van der Waals surface area contributed by atoms with Crippen molar-refractivity contribution in [3.63, 3.8) is 0 Å². The number of carbonyl (C=O) groups is 1. The molecule has 2 heterocycles. The number of nitrogens with zero attached hydrogens (tertiary/aromatic N) is 2. The summed E-state index contributed by atoms with van der Waals surface area (Å²) in [5.41, 5.74) is 6.47. The third-order valence-electron chi connectivity index (χ3n) is 2.43. The van der Waals surface area contributed by atoms with Gasteiger partial charge in [-0.15, -0.1) is 11.3 Å². The zero-order chi connectivity index (χ0) is 14.4. The van der Waals surface area contributed by atoms with Crippen LogP contribution in [-0.4, -0.2) is 22.4 Å². The largest absolute Gasteiger partial charge is 0.347 e. The second-order valence-electron chi connectivity index (χ2n) is 4.00. The molecule has 0 saturated carbocycles. The third kappa shape index (κ3) is 3.88. The molecule has 102 valence electrons. The van der Waals surface area contributed by atoms with Crippen LogP contribution in [0.2, 0.25) is 0 Å². The maximum atomic E-state index is 12.0. The number of aryl methyl sites for hydroxylation is 1. The molecule has 0 bridgehead atoms. The lowest BCUT2D eigenvalue weighted by Crippen LogP contribution is -2.22. The van der Waals surface area contributed by atoms with Crippen molar-refractivity contribution in [2.45, 2.75) is 13.5 Å². The Morgan fingerprint density at radius 1 is 1.45 bits per heavy atom. The average Bonchev–Trinajstić information content (AvgIpc) is 2.88. The number of carbonyl (C=O) groups excluding carboxylic acids is 1. The third-order valence-corrected chi connectivity index (χ3v) is 3.34. The number of hydrogen-bond donors (Lipinski definition) is 2. The van der Waals surface area contributed by atoms with Gasteiger partial charge in [-0.3, -0.25) is 9.78 Å². The maximum absolute atomic E-state index is 12.0. The minimum atomic E-state index is -0.181. The van der Waals surface area contributed by atoms with Crippen LogP contribution >= 0.6 is 11.3 Å². The first-order chi connectivity index (χ1) is 9.69. The molecular weight excluding hydrogens is 272 g/mol. The summed E-state index contributed by atoms with van der Waals surface area (Å²) in [4.78, 5) is 21.2. The normalized spacial score (nSPS) is 9.70. The lowest BCUT2D eigenvalue weighted by molar-refractivity contribution is 0.0951. The van der Waals surface area contributed by atoms with E-state index in [1.54, 1.807) is 29.8 Å². The minimum absolute atomic E-state index is 0.181. The molecule has 0 spiro atoms. The van der Waals surface area contributed by atoms with Crippen LogP contribution in [0.5, 0.6) is 0 Å². The highest BCUT2D eigenvalue weighted by atomic mass is 32.1. The highest BCUT2D eigenvalue weighted by Gasteiger charge is 2.07. The molecule has 0 atom stereocenters. The Labute approximate surface area is 121 Å². The van der Waals surface area contributed by atoms with E-state index in [1.165, 1.54) is 6.20 Å². The van der Waals surface area contributed by atoms with E-state index in [9.17, 15) is 4.79 Å². The second-order valence-corrected chi connectivity index (χ2v) is 5.32. The predicted molar refractivity (Wildman–Crippen MR) is 78.2 cm³/mol. The fourth-order valence-electron chi connectivity index (χ4n) is 1.54. The van der Waals surface area contributed by atoms with Crippen LogP contribution < -0.4 is 11.1 Å². The summed E-state index contributed by atoms with van der Waals surface area (Å²) < 4.78 is 0. The molecule has 0 fully saturated rings. The van der Waals surface area contributed by atoms with E-state index < -0.39 is 0 Å². The van der Waals surface area contributed by atoms with E-state index in [-0.39, 0.29) is 12.5 Å². The molecule has 3 N–H and O–H groups in total. The quantitative estimate of drug-likeness (QED) is 0.828. The van der Waals surface area contributed by atoms with Crippen LogP contribution in [-0.2, 0) is 6.54 Å². The Morgan fingerprint density at radius 2 is 2.30 bits per heavy atom. The summed E-state index contributed by atoms with van der Waals surface area (Å²) in [5.74, 6) is 5.40. The number of amides is 1. The van der Waals surface area contributed by atoms with Gasteiger partial charge in [0.1, 0.15) is 0 Å². The van der Waals surface area contributed by atoms with E-state index in [2.05, 4.69) is 27.1 Å². The number of aromatic nitrogens is 2. The van der Waals surface area contributed by atoms with E-state index in [4.69, 9.17) is 5.73 Å². The van der Waals surface area contributed by atoms with Crippen LogP contribution in [0.25, 0.3) is 0 Å². The van der Waals surface area contributed by atoms with Gasteiger partial charge in [-0.25, -0.2) is 4.98 Å². The Balaban J connectivity index is 2.01. The Kier molecular flexibility index (Phi) is 4.82. The summed E-state index contributed by atoms with van der Waals surface area (Å²) in [6, 6.07) is 1.70. The zero-order valence-corrected chi connectivity index (χ0v) is 11.8. The Bertz CT molecular complexity index is 669. The summed E-state index contributed by atoms with van der Waals surface area (Å²) in [7, 11) is 0. The van der Waals surface area contributed by atoms with Crippen molar-refractivity contribution in [1.82, 2.24) is 15.3 Å². The summed E-state index contributed by atoms with van der Waals surface area (Å²) in [6.07, 6.45) is 4.88. The first-order valence-corrected chi connectivity index (χ1v) is 6.84.